The molecule has 2 aromatic rings. The maximum absolute atomic E-state index is 11.8. The molecule has 0 aliphatic rings. The molecule has 2 aromatic heterocycles. The van der Waals surface area contributed by atoms with Gasteiger partial charge < -0.3 is 5.32 Å². The molecule has 0 saturated heterocycles. The molecule has 0 unspecified atom stereocenters. The third-order valence-electron chi connectivity index (χ3n) is 3.19. The van der Waals surface area contributed by atoms with Gasteiger partial charge in [-0.15, -0.1) is 11.3 Å². The van der Waals surface area contributed by atoms with Crippen LogP contribution in [0.4, 0.5) is 0 Å². The summed E-state index contributed by atoms with van der Waals surface area (Å²) in [5.74, 6) is -0.527. The predicted molar refractivity (Wildman–Crippen MR) is 78.6 cm³/mol. The highest BCUT2D eigenvalue weighted by atomic mass is 32.2. The Kier molecular flexibility index (Phi) is 4.14. The Labute approximate surface area is 121 Å². The highest BCUT2D eigenvalue weighted by molar-refractivity contribution is 7.92. The van der Waals surface area contributed by atoms with Gasteiger partial charge in [0.1, 0.15) is 5.25 Å². The number of imidazole rings is 1. The second kappa shape index (κ2) is 5.53. The van der Waals surface area contributed by atoms with Crippen molar-refractivity contribution in [3.63, 3.8) is 0 Å². The van der Waals surface area contributed by atoms with Crippen LogP contribution < -0.4 is 5.32 Å². The van der Waals surface area contributed by atoms with Gasteiger partial charge in [0, 0.05) is 23.0 Å². The van der Waals surface area contributed by atoms with E-state index in [1.807, 2.05) is 22.9 Å². The van der Waals surface area contributed by atoms with Gasteiger partial charge in [-0.3, -0.25) is 9.20 Å². The average Bonchev–Trinajstić information content (AvgIpc) is 2.97. The molecule has 1 N–H and O–H groups in total. The molecule has 8 heteroatoms. The lowest BCUT2D eigenvalue weighted by molar-refractivity contribution is -0.120. The summed E-state index contributed by atoms with van der Waals surface area (Å²) in [6.07, 6.45) is 1.85. The van der Waals surface area contributed by atoms with E-state index in [1.165, 1.54) is 25.2 Å². The van der Waals surface area contributed by atoms with Crippen LogP contribution in [-0.4, -0.2) is 34.7 Å². The largest absolute Gasteiger partial charge is 0.349 e. The highest BCUT2D eigenvalue weighted by Crippen LogP contribution is 2.15. The topological polar surface area (TPSA) is 80.5 Å². The van der Waals surface area contributed by atoms with Crippen molar-refractivity contribution in [2.45, 2.75) is 32.6 Å². The number of carbonyl (C=O) groups is 1. The molecule has 0 radical (unpaired) electrons. The third kappa shape index (κ3) is 2.85. The normalized spacial score (nSPS) is 13.6. The minimum atomic E-state index is -3.36. The number of sulfone groups is 1. The summed E-state index contributed by atoms with van der Waals surface area (Å²) >= 11 is 1.53. The first-order chi connectivity index (χ1) is 9.35. The Balaban J connectivity index is 2.03. The number of nitrogens with one attached hydrogen (secondary N) is 1. The lowest BCUT2D eigenvalue weighted by atomic mass is 10.4. The number of aryl methyl sites for hydroxylation is 1. The number of amides is 1. The molecule has 0 aliphatic carbocycles. The molecule has 2 heterocycles. The highest BCUT2D eigenvalue weighted by Gasteiger charge is 2.25. The van der Waals surface area contributed by atoms with E-state index in [0.717, 1.165) is 16.3 Å². The van der Waals surface area contributed by atoms with E-state index >= 15 is 0 Å². The summed E-state index contributed by atoms with van der Waals surface area (Å²) in [4.78, 5) is 17.0. The number of aromatic nitrogens is 2. The predicted octanol–water partition coefficient (Wildman–Crippen LogP) is 1.14. The molecule has 0 spiro atoms. The average molecular weight is 315 g/mol. The number of thiazole rings is 1. The van der Waals surface area contributed by atoms with Crippen molar-refractivity contribution < 1.29 is 13.2 Å². The van der Waals surface area contributed by atoms with E-state index in [1.54, 1.807) is 0 Å². The number of hydrogen-bond acceptors (Lipinski definition) is 5. The Morgan fingerprint density at radius 2 is 2.25 bits per heavy atom. The molecule has 0 fully saturated rings. The first-order valence-corrected chi connectivity index (χ1v) is 8.86. The number of fused-ring (bicyclic) bond motifs is 1. The summed E-state index contributed by atoms with van der Waals surface area (Å²) < 4.78 is 25.2. The van der Waals surface area contributed by atoms with Gasteiger partial charge in [0.25, 0.3) is 0 Å². The Hall–Kier alpha value is -1.41. The summed E-state index contributed by atoms with van der Waals surface area (Å²) in [6, 6.07) is 0. The fraction of sp³-hybridized carbons (Fsp3) is 0.500. The molecule has 0 aromatic carbocycles. The zero-order chi connectivity index (χ0) is 14.9. The third-order valence-corrected chi connectivity index (χ3v) is 6.25. The number of carbonyl (C=O) groups excluding carboxylic acids is 1. The zero-order valence-electron chi connectivity index (χ0n) is 11.6. The van der Waals surface area contributed by atoms with E-state index in [-0.39, 0.29) is 12.3 Å². The molecule has 110 valence electrons. The van der Waals surface area contributed by atoms with Crippen molar-refractivity contribution in [3.05, 3.63) is 23.0 Å². The molecule has 0 bridgehead atoms. The van der Waals surface area contributed by atoms with Crippen molar-refractivity contribution in [2.24, 2.45) is 0 Å². The monoisotopic (exact) mass is 315 g/mol. The molecular formula is C12H17N3O3S2. The first kappa shape index (κ1) is 15.0. The Morgan fingerprint density at radius 1 is 1.55 bits per heavy atom. The van der Waals surface area contributed by atoms with Crippen LogP contribution in [0.3, 0.4) is 0 Å². The van der Waals surface area contributed by atoms with Crippen LogP contribution in [-0.2, 0) is 21.2 Å². The fourth-order valence-corrected chi connectivity index (χ4v) is 3.54. The number of hydrogen-bond donors (Lipinski definition) is 1. The Morgan fingerprint density at radius 3 is 2.85 bits per heavy atom. The second-order valence-electron chi connectivity index (χ2n) is 4.57. The zero-order valence-corrected chi connectivity index (χ0v) is 13.2. The van der Waals surface area contributed by atoms with E-state index in [0.29, 0.717) is 0 Å². The first-order valence-electron chi connectivity index (χ1n) is 6.26. The number of rotatable bonds is 5. The van der Waals surface area contributed by atoms with E-state index in [2.05, 4.69) is 10.3 Å². The van der Waals surface area contributed by atoms with Gasteiger partial charge in [0.15, 0.2) is 14.8 Å². The van der Waals surface area contributed by atoms with E-state index in [9.17, 15) is 13.2 Å². The van der Waals surface area contributed by atoms with Crippen LogP contribution in [0.15, 0.2) is 11.6 Å². The van der Waals surface area contributed by atoms with Gasteiger partial charge in [0.05, 0.1) is 12.2 Å². The Bertz CT molecular complexity index is 730. The van der Waals surface area contributed by atoms with Gasteiger partial charge in [-0.1, -0.05) is 6.92 Å². The van der Waals surface area contributed by atoms with Gasteiger partial charge in [-0.05, 0) is 13.8 Å². The molecule has 0 saturated carbocycles. The quantitative estimate of drug-likeness (QED) is 0.897. The van der Waals surface area contributed by atoms with Crippen LogP contribution in [0, 0.1) is 6.92 Å². The minimum absolute atomic E-state index is 0.0407. The van der Waals surface area contributed by atoms with Crippen molar-refractivity contribution >= 4 is 32.0 Å². The molecule has 1 amide bonds. The molecule has 1 atom stereocenters. The van der Waals surface area contributed by atoms with E-state index < -0.39 is 21.0 Å². The molecular weight excluding hydrogens is 298 g/mol. The lowest BCUT2D eigenvalue weighted by Gasteiger charge is -2.11. The second-order valence-corrected chi connectivity index (χ2v) is 8.02. The molecule has 2 rings (SSSR count). The number of nitrogens with zero attached hydrogens (tertiary/aromatic N) is 2. The van der Waals surface area contributed by atoms with Crippen LogP contribution >= 0.6 is 11.3 Å². The van der Waals surface area contributed by atoms with Gasteiger partial charge >= 0.3 is 0 Å². The molecule has 6 nitrogen and oxygen atoms in total. The summed E-state index contributed by atoms with van der Waals surface area (Å²) in [5, 5.41) is 3.59. The lowest BCUT2D eigenvalue weighted by Crippen LogP contribution is -2.38. The minimum Gasteiger partial charge on any atom is -0.349 e. The van der Waals surface area contributed by atoms with Crippen molar-refractivity contribution in [2.75, 3.05) is 5.75 Å². The van der Waals surface area contributed by atoms with Crippen molar-refractivity contribution in [3.8, 4) is 0 Å². The van der Waals surface area contributed by atoms with E-state index in [4.69, 9.17) is 0 Å². The molecule has 0 aliphatic heterocycles. The van der Waals surface area contributed by atoms with Crippen molar-refractivity contribution in [1.82, 2.24) is 14.7 Å². The van der Waals surface area contributed by atoms with Gasteiger partial charge in [0.2, 0.25) is 5.91 Å². The summed E-state index contributed by atoms with van der Waals surface area (Å²) in [7, 11) is -3.36. The fourth-order valence-electron chi connectivity index (χ4n) is 1.76. The van der Waals surface area contributed by atoms with Crippen LogP contribution in [0.25, 0.3) is 4.96 Å². The van der Waals surface area contributed by atoms with Crippen LogP contribution in [0.2, 0.25) is 0 Å². The van der Waals surface area contributed by atoms with Crippen molar-refractivity contribution in [1.29, 1.82) is 0 Å². The van der Waals surface area contributed by atoms with Gasteiger partial charge in [-0.25, -0.2) is 13.4 Å². The summed E-state index contributed by atoms with van der Waals surface area (Å²) in [6.45, 7) is 5.15. The smallest absolute Gasteiger partial charge is 0.238 e. The summed E-state index contributed by atoms with van der Waals surface area (Å²) in [5.41, 5.74) is 1.80. The SMILES string of the molecule is CCS(=O)(=O)[C@H](C)C(=O)NCc1cn2c(C)csc2n1. The maximum atomic E-state index is 11.8. The standard InChI is InChI=1S/C12H17N3O3S2/c1-4-20(17,18)9(3)11(16)13-5-10-6-15-8(2)7-19-12(15)14-10/h6-7,9H,4-5H2,1-3H3,(H,13,16)/t9-/m1/s1. The van der Waals surface area contributed by atoms with Crippen LogP contribution in [0.5, 0.6) is 0 Å². The molecule has 20 heavy (non-hydrogen) atoms. The van der Waals surface area contributed by atoms with Crippen LogP contribution in [0.1, 0.15) is 25.2 Å². The van der Waals surface area contributed by atoms with Gasteiger partial charge in [-0.2, -0.15) is 0 Å². The maximum Gasteiger partial charge on any atom is 0.238 e.